The van der Waals surface area contributed by atoms with Crippen molar-refractivity contribution in [1.82, 2.24) is 4.90 Å². The van der Waals surface area contributed by atoms with Gasteiger partial charge in [0, 0.05) is 17.4 Å². The number of likely N-dealkylation sites (tertiary alicyclic amines) is 1. The molecule has 0 saturated carbocycles. The number of azide groups is 1. The summed E-state index contributed by atoms with van der Waals surface area (Å²) in [6.45, 7) is 2.31. The van der Waals surface area contributed by atoms with E-state index >= 15 is 0 Å². The molecule has 1 amide bonds. The molecule has 3 atom stereocenters. The molecule has 7 heteroatoms. The summed E-state index contributed by atoms with van der Waals surface area (Å²) >= 11 is 0. The van der Waals surface area contributed by atoms with Crippen LogP contribution in [0.2, 0.25) is 0 Å². The first-order valence-corrected chi connectivity index (χ1v) is 8.73. The van der Waals surface area contributed by atoms with E-state index in [-0.39, 0.29) is 24.5 Å². The molecule has 0 radical (unpaired) electrons. The Hall–Kier alpha value is -3.31. The summed E-state index contributed by atoms with van der Waals surface area (Å²) in [5.41, 5.74) is 10.3. The van der Waals surface area contributed by atoms with Crippen LogP contribution in [0.3, 0.4) is 0 Å². The van der Waals surface area contributed by atoms with E-state index in [1.165, 1.54) is 0 Å². The summed E-state index contributed by atoms with van der Waals surface area (Å²) < 4.78 is 5.37. The number of hydrogen-bond donors (Lipinski definition) is 0. The van der Waals surface area contributed by atoms with E-state index in [0.29, 0.717) is 12.1 Å². The van der Waals surface area contributed by atoms with Gasteiger partial charge in [-0.1, -0.05) is 53.6 Å². The summed E-state index contributed by atoms with van der Waals surface area (Å²) in [6, 6.07) is 17.2. The lowest BCUT2D eigenvalue weighted by Crippen LogP contribution is -2.31. The van der Waals surface area contributed by atoms with E-state index in [4.69, 9.17) is 10.3 Å². The number of rotatable bonds is 6. The maximum Gasteiger partial charge on any atom is 0.338 e. The van der Waals surface area contributed by atoms with E-state index < -0.39 is 12.0 Å². The zero-order valence-corrected chi connectivity index (χ0v) is 14.9. The van der Waals surface area contributed by atoms with E-state index in [1.54, 1.807) is 29.2 Å². The van der Waals surface area contributed by atoms with E-state index in [1.807, 2.05) is 43.3 Å². The van der Waals surface area contributed by atoms with Gasteiger partial charge < -0.3 is 9.64 Å². The standard InChI is InChI=1S/C20H20N4O3/c1-14(15-8-4-2-5-9-15)24-12-17(18(19(24)25)22-23-21)13-27-20(26)16-10-6-3-7-11-16/h2-11,14,17-18H,12-13H2,1H3/t14-,17+,18+/m0/s1. The number of amides is 1. The molecule has 1 fully saturated rings. The van der Waals surface area contributed by atoms with Crippen LogP contribution in [-0.2, 0) is 9.53 Å². The normalized spacial score (nSPS) is 20.0. The van der Waals surface area contributed by atoms with Crippen LogP contribution in [-0.4, -0.2) is 36.0 Å². The molecule has 0 spiro atoms. The second-order valence-electron chi connectivity index (χ2n) is 6.45. The molecule has 27 heavy (non-hydrogen) atoms. The molecule has 2 aromatic rings. The van der Waals surface area contributed by atoms with Crippen LogP contribution in [0, 0.1) is 5.92 Å². The van der Waals surface area contributed by atoms with Crippen LogP contribution in [0.25, 0.3) is 10.4 Å². The van der Waals surface area contributed by atoms with E-state index in [0.717, 1.165) is 5.56 Å². The maximum absolute atomic E-state index is 12.8. The Morgan fingerprint density at radius 3 is 2.48 bits per heavy atom. The zero-order valence-electron chi connectivity index (χ0n) is 14.9. The van der Waals surface area contributed by atoms with E-state index in [9.17, 15) is 9.59 Å². The summed E-state index contributed by atoms with van der Waals surface area (Å²) in [5, 5.41) is 3.66. The van der Waals surface area contributed by atoms with Crippen molar-refractivity contribution in [2.45, 2.75) is 19.0 Å². The molecule has 1 heterocycles. The molecular weight excluding hydrogens is 344 g/mol. The van der Waals surface area contributed by atoms with Crippen LogP contribution < -0.4 is 0 Å². The number of ether oxygens (including phenoxy) is 1. The smallest absolute Gasteiger partial charge is 0.338 e. The summed E-state index contributed by atoms with van der Waals surface area (Å²) in [7, 11) is 0. The first kappa shape index (κ1) is 18.5. The highest BCUT2D eigenvalue weighted by molar-refractivity contribution is 5.89. The predicted octanol–water partition coefficient (Wildman–Crippen LogP) is 3.74. The molecule has 138 valence electrons. The third kappa shape index (κ3) is 4.10. The van der Waals surface area contributed by atoms with Crippen molar-refractivity contribution in [2.75, 3.05) is 13.2 Å². The monoisotopic (exact) mass is 364 g/mol. The topological polar surface area (TPSA) is 95.4 Å². The van der Waals surface area contributed by atoms with Crippen molar-refractivity contribution in [3.63, 3.8) is 0 Å². The second-order valence-corrected chi connectivity index (χ2v) is 6.45. The fraction of sp³-hybridized carbons (Fsp3) is 0.300. The highest BCUT2D eigenvalue weighted by atomic mass is 16.5. The van der Waals surface area contributed by atoms with Crippen LogP contribution in [0.1, 0.15) is 28.9 Å². The third-order valence-corrected chi connectivity index (χ3v) is 4.78. The third-order valence-electron chi connectivity index (χ3n) is 4.78. The molecule has 0 aliphatic carbocycles. The van der Waals surface area contributed by atoms with Crippen molar-refractivity contribution in [3.05, 3.63) is 82.2 Å². The second kappa shape index (κ2) is 8.38. The number of esters is 1. The van der Waals surface area contributed by atoms with Crippen LogP contribution in [0.4, 0.5) is 0 Å². The SMILES string of the molecule is C[C@@H](c1ccccc1)N1C[C@H](COC(=O)c2ccccc2)[C@@H](N=[N+]=[N-])C1=O. The maximum atomic E-state index is 12.8. The van der Waals surface area contributed by atoms with Crippen LogP contribution in [0.5, 0.6) is 0 Å². The number of carbonyl (C=O) groups excluding carboxylic acids is 2. The molecule has 3 rings (SSSR count). The van der Waals surface area contributed by atoms with Gasteiger partial charge in [-0.3, -0.25) is 4.79 Å². The van der Waals surface area contributed by atoms with Gasteiger partial charge in [0.1, 0.15) is 6.04 Å². The van der Waals surface area contributed by atoms with Crippen molar-refractivity contribution >= 4 is 11.9 Å². The average molecular weight is 364 g/mol. The minimum Gasteiger partial charge on any atom is -0.462 e. The Bertz CT molecular complexity index is 850. The fourth-order valence-corrected chi connectivity index (χ4v) is 3.26. The number of hydrogen-bond acceptors (Lipinski definition) is 4. The number of carbonyl (C=O) groups is 2. The fourth-order valence-electron chi connectivity index (χ4n) is 3.26. The molecular formula is C20H20N4O3. The van der Waals surface area contributed by atoms with E-state index in [2.05, 4.69) is 10.0 Å². The molecule has 0 bridgehead atoms. The molecule has 7 nitrogen and oxygen atoms in total. The van der Waals surface area contributed by atoms with Gasteiger partial charge in [-0.05, 0) is 30.2 Å². The lowest BCUT2D eigenvalue weighted by Gasteiger charge is -2.25. The predicted molar refractivity (Wildman–Crippen MR) is 99.7 cm³/mol. The molecule has 1 aliphatic rings. The van der Waals surface area contributed by atoms with Crippen molar-refractivity contribution in [3.8, 4) is 0 Å². The minimum absolute atomic E-state index is 0.0150. The van der Waals surface area contributed by atoms with Crippen molar-refractivity contribution < 1.29 is 14.3 Å². The van der Waals surface area contributed by atoms with Crippen molar-refractivity contribution in [1.29, 1.82) is 0 Å². The summed E-state index contributed by atoms with van der Waals surface area (Å²) in [4.78, 5) is 29.4. The molecule has 0 N–H and O–H groups in total. The number of nitrogens with zero attached hydrogens (tertiary/aromatic N) is 4. The van der Waals surface area contributed by atoms with Crippen molar-refractivity contribution in [2.24, 2.45) is 11.0 Å². The number of benzene rings is 2. The van der Waals surface area contributed by atoms with Gasteiger partial charge in [0.2, 0.25) is 5.91 Å². The van der Waals surface area contributed by atoms with Crippen LogP contribution in [0.15, 0.2) is 65.8 Å². The average Bonchev–Trinajstić information content (AvgIpc) is 3.03. The first-order valence-electron chi connectivity index (χ1n) is 8.73. The van der Waals surface area contributed by atoms with Gasteiger partial charge in [-0.25, -0.2) is 4.79 Å². The molecule has 1 saturated heterocycles. The van der Waals surface area contributed by atoms with Gasteiger partial charge in [-0.2, -0.15) is 0 Å². The summed E-state index contributed by atoms with van der Waals surface area (Å²) in [6.07, 6.45) is 0. The Kier molecular flexibility index (Phi) is 5.74. The molecule has 1 aliphatic heterocycles. The zero-order chi connectivity index (χ0) is 19.2. The van der Waals surface area contributed by atoms with Crippen LogP contribution >= 0.6 is 0 Å². The molecule has 0 unspecified atom stereocenters. The van der Waals surface area contributed by atoms with Gasteiger partial charge in [0.25, 0.3) is 0 Å². The largest absolute Gasteiger partial charge is 0.462 e. The van der Waals surface area contributed by atoms with Gasteiger partial charge in [-0.15, -0.1) is 0 Å². The highest BCUT2D eigenvalue weighted by Gasteiger charge is 2.42. The Morgan fingerprint density at radius 2 is 1.85 bits per heavy atom. The van der Waals surface area contributed by atoms with Gasteiger partial charge >= 0.3 is 5.97 Å². The Balaban J connectivity index is 1.71. The van der Waals surface area contributed by atoms with Gasteiger partial charge in [0.15, 0.2) is 0 Å². The quantitative estimate of drug-likeness (QED) is 0.338. The lowest BCUT2D eigenvalue weighted by molar-refractivity contribution is -0.130. The Labute approximate surface area is 157 Å². The molecule has 2 aromatic carbocycles. The Morgan fingerprint density at radius 1 is 1.22 bits per heavy atom. The first-order chi connectivity index (χ1) is 13.1. The minimum atomic E-state index is -0.871. The summed E-state index contributed by atoms with van der Waals surface area (Å²) in [5.74, 6) is -1.09. The molecule has 0 aromatic heterocycles. The lowest BCUT2D eigenvalue weighted by atomic mass is 10.1. The highest BCUT2D eigenvalue weighted by Crippen LogP contribution is 2.30. The van der Waals surface area contributed by atoms with Gasteiger partial charge in [0.05, 0.1) is 18.2 Å².